The van der Waals surface area contributed by atoms with E-state index >= 15 is 0 Å². The summed E-state index contributed by atoms with van der Waals surface area (Å²) in [7, 11) is 0. The summed E-state index contributed by atoms with van der Waals surface area (Å²) >= 11 is 3.30. The minimum Gasteiger partial charge on any atom is -0.311 e. The Morgan fingerprint density at radius 2 is 2.31 bits per heavy atom. The van der Waals surface area contributed by atoms with Crippen LogP contribution in [0.25, 0.3) is 5.65 Å². The van der Waals surface area contributed by atoms with E-state index < -0.39 is 0 Å². The molecule has 0 fully saturated rings. The fourth-order valence-corrected chi connectivity index (χ4v) is 1.62. The van der Waals surface area contributed by atoms with Crippen LogP contribution in [0.15, 0.2) is 28.0 Å². The van der Waals surface area contributed by atoms with Crippen molar-refractivity contribution in [2.45, 2.75) is 13.5 Å². The molecule has 2 aromatic rings. The van der Waals surface area contributed by atoms with E-state index in [1.54, 1.807) is 21.4 Å². The summed E-state index contributed by atoms with van der Waals surface area (Å²) in [5, 5.41) is 0. The molecule has 4 nitrogen and oxygen atoms in total. The summed E-state index contributed by atoms with van der Waals surface area (Å²) in [4.78, 5) is 15.6. The van der Waals surface area contributed by atoms with E-state index in [1.807, 2.05) is 13.1 Å². The van der Waals surface area contributed by atoms with Gasteiger partial charge in [-0.2, -0.15) is 0 Å². The van der Waals surface area contributed by atoms with Crippen LogP contribution in [0.3, 0.4) is 0 Å². The van der Waals surface area contributed by atoms with Crippen molar-refractivity contribution in [1.82, 2.24) is 14.0 Å². The second-order valence-electron chi connectivity index (χ2n) is 2.66. The zero-order valence-electron chi connectivity index (χ0n) is 7.07. The zero-order valence-corrected chi connectivity index (χ0v) is 8.65. The summed E-state index contributed by atoms with van der Waals surface area (Å²) in [6.07, 6.45) is 5.19. The van der Waals surface area contributed by atoms with Crippen LogP contribution < -0.4 is 5.56 Å². The van der Waals surface area contributed by atoms with E-state index in [0.29, 0.717) is 12.2 Å². The van der Waals surface area contributed by atoms with Crippen LogP contribution in [-0.4, -0.2) is 14.0 Å². The summed E-state index contributed by atoms with van der Waals surface area (Å²) in [6.45, 7) is 2.59. The summed E-state index contributed by atoms with van der Waals surface area (Å²) in [5.41, 5.74) is 0.395. The molecule has 0 radical (unpaired) electrons. The Bertz CT molecular complexity index is 500. The number of fused-ring (bicyclic) bond motifs is 1. The summed E-state index contributed by atoms with van der Waals surface area (Å²) < 4.78 is 4.13. The predicted octanol–water partition coefficient (Wildman–Crippen LogP) is 1.28. The molecule has 13 heavy (non-hydrogen) atoms. The molecule has 0 bridgehead atoms. The van der Waals surface area contributed by atoms with Gasteiger partial charge in [0, 0.05) is 18.9 Å². The van der Waals surface area contributed by atoms with Crippen molar-refractivity contribution in [3.05, 3.63) is 33.5 Å². The maximum Gasteiger partial charge on any atom is 0.294 e. The Balaban J connectivity index is 2.88. The highest BCUT2D eigenvalue weighted by atomic mass is 79.9. The first-order valence-electron chi connectivity index (χ1n) is 3.96. The number of rotatable bonds is 1. The lowest BCUT2D eigenvalue weighted by molar-refractivity contribution is 0.719. The fourth-order valence-electron chi connectivity index (χ4n) is 1.23. The molecule has 0 aliphatic heterocycles. The Morgan fingerprint density at radius 1 is 1.54 bits per heavy atom. The lowest BCUT2D eigenvalue weighted by atomic mass is 10.6. The van der Waals surface area contributed by atoms with Crippen molar-refractivity contribution in [3.63, 3.8) is 0 Å². The summed E-state index contributed by atoms with van der Waals surface area (Å²) in [5.74, 6) is 0. The molecule has 0 amide bonds. The molecule has 0 aromatic carbocycles. The van der Waals surface area contributed by atoms with Crippen molar-refractivity contribution >= 4 is 21.6 Å². The second-order valence-corrected chi connectivity index (χ2v) is 3.48. The lowest BCUT2D eigenvalue weighted by Crippen LogP contribution is -2.20. The van der Waals surface area contributed by atoms with Crippen LogP contribution in [0.5, 0.6) is 0 Å². The molecule has 0 N–H and O–H groups in total. The van der Waals surface area contributed by atoms with Gasteiger partial charge in [0.1, 0.15) is 4.60 Å². The Morgan fingerprint density at radius 3 is 3.00 bits per heavy atom. The number of aryl methyl sites for hydroxylation is 1. The van der Waals surface area contributed by atoms with Crippen molar-refractivity contribution in [2.75, 3.05) is 0 Å². The molecule has 2 heterocycles. The Hall–Kier alpha value is -1.10. The third-order valence-electron chi connectivity index (χ3n) is 1.94. The molecule has 2 rings (SSSR count). The third kappa shape index (κ3) is 1.19. The van der Waals surface area contributed by atoms with Gasteiger partial charge in [-0.05, 0) is 22.9 Å². The van der Waals surface area contributed by atoms with Gasteiger partial charge in [-0.25, -0.2) is 4.98 Å². The number of aromatic nitrogens is 3. The van der Waals surface area contributed by atoms with Crippen LogP contribution in [0.2, 0.25) is 0 Å². The molecule has 0 spiro atoms. The molecule has 0 aliphatic rings. The molecule has 68 valence electrons. The monoisotopic (exact) mass is 241 g/mol. The number of hydrogen-bond donors (Lipinski definition) is 0. The number of nitrogens with zero attached hydrogens (tertiary/aromatic N) is 3. The van der Waals surface area contributed by atoms with Gasteiger partial charge >= 0.3 is 0 Å². The molecule has 0 atom stereocenters. The van der Waals surface area contributed by atoms with Crippen molar-refractivity contribution in [1.29, 1.82) is 0 Å². The minimum absolute atomic E-state index is 0.0595. The number of halogens is 1. The molecule has 0 saturated heterocycles. The average Bonchev–Trinajstić information content (AvgIpc) is 2.50. The van der Waals surface area contributed by atoms with Gasteiger partial charge in [0.05, 0.1) is 6.20 Å². The first-order chi connectivity index (χ1) is 6.24. The van der Waals surface area contributed by atoms with Crippen LogP contribution in [0.4, 0.5) is 0 Å². The molecule has 0 unspecified atom stereocenters. The van der Waals surface area contributed by atoms with Gasteiger partial charge in [0.15, 0.2) is 0 Å². The SMILES string of the molecule is CCn1ccn2c(Br)cnc2c1=O. The van der Waals surface area contributed by atoms with Gasteiger partial charge < -0.3 is 4.57 Å². The number of imidazole rings is 1. The smallest absolute Gasteiger partial charge is 0.294 e. The molecular formula is C8H8BrN3O. The molecular weight excluding hydrogens is 234 g/mol. The minimum atomic E-state index is -0.0595. The normalized spacial score (nSPS) is 10.9. The highest BCUT2D eigenvalue weighted by Gasteiger charge is 2.04. The van der Waals surface area contributed by atoms with Gasteiger partial charge in [0.2, 0.25) is 5.65 Å². The summed E-state index contributed by atoms with van der Waals surface area (Å²) in [6, 6.07) is 0. The van der Waals surface area contributed by atoms with Crippen molar-refractivity contribution in [3.8, 4) is 0 Å². The number of hydrogen-bond acceptors (Lipinski definition) is 2. The predicted molar refractivity (Wildman–Crippen MR) is 52.8 cm³/mol. The van der Waals surface area contributed by atoms with Crippen molar-refractivity contribution < 1.29 is 0 Å². The fraction of sp³-hybridized carbons (Fsp3) is 0.250. The standard InChI is InChI=1S/C8H8BrN3O/c1-2-11-3-4-12-6(9)5-10-7(12)8(11)13/h3-5H,2H2,1H3. The van der Waals surface area contributed by atoms with E-state index in [4.69, 9.17) is 0 Å². The molecule has 5 heteroatoms. The quantitative estimate of drug-likeness (QED) is 0.755. The zero-order chi connectivity index (χ0) is 9.42. The van der Waals surface area contributed by atoms with Crippen LogP contribution in [0, 0.1) is 0 Å². The van der Waals surface area contributed by atoms with E-state index in [-0.39, 0.29) is 5.56 Å². The van der Waals surface area contributed by atoms with Crippen LogP contribution in [-0.2, 0) is 6.54 Å². The highest BCUT2D eigenvalue weighted by molar-refractivity contribution is 9.10. The third-order valence-corrected chi connectivity index (χ3v) is 2.53. The Labute approximate surface area is 83.0 Å². The highest BCUT2D eigenvalue weighted by Crippen LogP contribution is 2.08. The van der Waals surface area contributed by atoms with Crippen molar-refractivity contribution in [2.24, 2.45) is 0 Å². The van der Waals surface area contributed by atoms with Crippen LogP contribution in [0.1, 0.15) is 6.92 Å². The maximum atomic E-state index is 11.6. The maximum absolute atomic E-state index is 11.6. The second kappa shape index (κ2) is 2.99. The van der Waals surface area contributed by atoms with Gasteiger partial charge in [-0.1, -0.05) is 0 Å². The Kier molecular flexibility index (Phi) is 1.95. The average molecular weight is 242 g/mol. The van der Waals surface area contributed by atoms with Crippen LogP contribution >= 0.6 is 15.9 Å². The van der Waals surface area contributed by atoms with Gasteiger partial charge in [-0.3, -0.25) is 9.20 Å². The van der Waals surface area contributed by atoms with Gasteiger partial charge in [0.25, 0.3) is 5.56 Å². The van der Waals surface area contributed by atoms with E-state index in [9.17, 15) is 4.79 Å². The van der Waals surface area contributed by atoms with E-state index in [1.165, 1.54) is 0 Å². The topological polar surface area (TPSA) is 39.3 Å². The van der Waals surface area contributed by atoms with E-state index in [0.717, 1.165) is 4.60 Å². The van der Waals surface area contributed by atoms with E-state index in [2.05, 4.69) is 20.9 Å². The lowest BCUT2D eigenvalue weighted by Gasteiger charge is -2.01. The van der Waals surface area contributed by atoms with Gasteiger partial charge in [-0.15, -0.1) is 0 Å². The first kappa shape index (κ1) is 8.50. The largest absolute Gasteiger partial charge is 0.311 e. The molecule has 0 saturated carbocycles. The first-order valence-corrected chi connectivity index (χ1v) is 4.75. The molecule has 0 aliphatic carbocycles. The molecule has 2 aromatic heterocycles.